The first-order chi connectivity index (χ1) is 10.8. The minimum atomic E-state index is -0.0955. The van der Waals surface area contributed by atoms with Gasteiger partial charge in [0.05, 0.1) is 11.1 Å². The monoisotopic (exact) mass is 314 g/mol. The summed E-state index contributed by atoms with van der Waals surface area (Å²) in [4.78, 5) is 12.9. The van der Waals surface area contributed by atoms with Crippen LogP contribution in [0.5, 0.6) is 0 Å². The largest absolute Gasteiger partial charge is 0.273 e. The second kappa shape index (κ2) is 5.19. The molecule has 4 bridgehead atoms. The van der Waals surface area contributed by atoms with Gasteiger partial charge in [0.1, 0.15) is 0 Å². The number of carbonyl (C=O) groups is 1. The Kier molecular flexibility index (Phi) is 3.48. The Hall–Kier alpha value is -1.12. The third-order valence-corrected chi connectivity index (χ3v) is 6.65. The normalized spacial score (nSPS) is 42.7. The third kappa shape index (κ3) is 2.88. The molecule has 0 aliphatic heterocycles. The molecule has 5 aliphatic carbocycles. The van der Waals surface area contributed by atoms with Crippen molar-refractivity contribution < 1.29 is 4.79 Å². The lowest BCUT2D eigenvalue weighted by Gasteiger charge is -2.55. The van der Waals surface area contributed by atoms with E-state index in [-0.39, 0.29) is 16.7 Å². The van der Waals surface area contributed by atoms with Gasteiger partial charge in [-0.2, -0.15) is 5.10 Å². The van der Waals surface area contributed by atoms with Crippen LogP contribution in [-0.4, -0.2) is 11.6 Å². The number of amides is 1. The number of nitrogens with zero attached hydrogens (tertiary/aromatic N) is 1. The Labute approximate surface area is 140 Å². The minimum absolute atomic E-state index is 0.0955. The minimum Gasteiger partial charge on any atom is -0.273 e. The van der Waals surface area contributed by atoms with Gasteiger partial charge in [0.2, 0.25) is 5.91 Å². The molecule has 4 fully saturated rings. The first-order valence-electron chi connectivity index (χ1n) is 9.38. The Bertz CT molecular complexity index is 549. The fourth-order valence-electron chi connectivity index (χ4n) is 6.40. The number of hydrogen-bond acceptors (Lipinski definition) is 2. The molecule has 0 saturated heterocycles. The Morgan fingerprint density at radius 3 is 2.17 bits per heavy atom. The molecule has 0 spiro atoms. The summed E-state index contributed by atoms with van der Waals surface area (Å²) in [7, 11) is 0. The van der Waals surface area contributed by atoms with E-state index in [2.05, 4.69) is 37.4 Å². The quantitative estimate of drug-likeness (QED) is 0.752. The summed E-state index contributed by atoms with van der Waals surface area (Å²) in [5, 5.41) is 4.53. The van der Waals surface area contributed by atoms with Crippen LogP contribution < -0.4 is 5.43 Å². The summed E-state index contributed by atoms with van der Waals surface area (Å²) in [6.07, 6.45) is 11.7. The molecule has 0 radical (unpaired) electrons. The first-order valence-corrected chi connectivity index (χ1v) is 9.38. The average Bonchev–Trinajstić information content (AvgIpc) is 2.41. The summed E-state index contributed by atoms with van der Waals surface area (Å²) in [5.74, 6) is 2.61. The molecule has 0 aromatic carbocycles. The Morgan fingerprint density at radius 1 is 1.09 bits per heavy atom. The number of hydrogen-bond donors (Lipinski definition) is 1. The van der Waals surface area contributed by atoms with Crippen molar-refractivity contribution >= 4 is 11.6 Å². The van der Waals surface area contributed by atoms with E-state index in [9.17, 15) is 4.79 Å². The molecule has 23 heavy (non-hydrogen) atoms. The van der Waals surface area contributed by atoms with Gasteiger partial charge in [-0.3, -0.25) is 4.79 Å². The molecule has 4 saturated carbocycles. The van der Waals surface area contributed by atoms with Gasteiger partial charge in [-0.15, -0.1) is 0 Å². The highest BCUT2D eigenvalue weighted by Crippen LogP contribution is 2.60. The first kappa shape index (κ1) is 15.4. The molecule has 0 heterocycles. The summed E-state index contributed by atoms with van der Waals surface area (Å²) >= 11 is 0. The number of allylic oxidation sites excluding steroid dienone is 2. The van der Waals surface area contributed by atoms with Crippen LogP contribution in [0, 0.1) is 28.6 Å². The molecular weight excluding hydrogens is 284 g/mol. The van der Waals surface area contributed by atoms with Crippen LogP contribution in [0.4, 0.5) is 0 Å². The lowest BCUT2D eigenvalue weighted by atomic mass is 9.49. The highest BCUT2D eigenvalue weighted by atomic mass is 16.2. The summed E-state index contributed by atoms with van der Waals surface area (Å²) in [6, 6.07) is 0. The van der Waals surface area contributed by atoms with Crippen molar-refractivity contribution in [1.29, 1.82) is 0 Å². The van der Waals surface area contributed by atoms with E-state index in [1.54, 1.807) is 0 Å². The van der Waals surface area contributed by atoms with Gasteiger partial charge < -0.3 is 0 Å². The van der Waals surface area contributed by atoms with Crippen molar-refractivity contribution in [2.24, 2.45) is 33.7 Å². The van der Waals surface area contributed by atoms with Gasteiger partial charge in [0.25, 0.3) is 0 Å². The average molecular weight is 314 g/mol. The van der Waals surface area contributed by atoms with Crippen molar-refractivity contribution in [3.05, 3.63) is 11.6 Å². The van der Waals surface area contributed by atoms with E-state index < -0.39 is 0 Å². The summed E-state index contributed by atoms with van der Waals surface area (Å²) in [6.45, 7) is 6.72. The highest BCUT2D eigenvalue weighted by Gasteiger charge is 2.54. The molecule has 0 unspecified atom stereocenters. The molecule has 0 atom stereocenters. The number of hydrazone groups is 1. The van der Waals surface area contributed by atoms with E-state index in [4.69, 9.17) is 0 Å². The zero-order chi connectivity index (χ0) is 16.2. The van der Waals surface area contributed by atoms with E-state index in [0.717, 1.165) is 55.6 Å². The molecule has 1 amide bonds. The van der Waals surface area contributed by atoms with E-state index >= 15 is 0 Å². The maximum absolute atomic E-state index is 12.9. The molecule has 1 N–H and O–H groups in total. The van der Waals surface area contributed by atoms with Crippen LogP contribution in [0.25, 0.3) is 0 Å². The summed E-state index contributed by atoms with van der Waals surface area (Å²) < 4.78 is 0. The smallest absolute Gasteiger partial charge is 0.246 e. The second-order valence-electron chi connectivity index (χ2n) is 9.75. The molecule has 5 aliphatic rings. The van der Waals surface area contributed by atoms with Crippen LogP contribution in [0.3, 0.4) is 0 Å². The van der Waals surface area contributed by atoms with Crippen molar-refractivity contribution in [1.82, 2.24) is 5.43 Å². The summed E-state index contributed by atoms with van der Waals surface area (Å²) in [5.41, 5.74) is 5.53. The predicted molar refractivity (Wildman–Crippen MR) is 93.0 cm³/mol. The Morgan fingerprint density at radius 2 is 1.65 bits per heavy atom. The van der Waals surface area contributed by atoms with Gasteiger partial charge in [-0.25, -0.2) is 5.43 Å². The highest BCUT2D eigenvalue weighted by molar-refractivity contribution is 5.97. The van der Waals surface area contributed by atoms with E-state index in [1.807, 2.05) is 0 Å². The van der Waals surface area contributed by atoms with Crippen LogP contribution in [0.15, 0.2) is 16.8 Å². The lowest BCUT2D eigenvalue weighted by Crippen LogP contribution is -2.52. The molecule has 3 heteroatoms. The van der Waals surface area contributed by atoms with Crippen molar-refractivity contribution in [2.45, 2.75) is 72.1 Å². The maximum atomic E-state index is 12.9. The number of nitrogens with one attached hydrogen (secondary N) is 1. The van der Waals surface area contributed by atoms with Crippen LogP contribution in [-0.2, 0) is 4.79 Å². The molecule has 3 nitrogen and oxygen atoms in total. The van der Waals surface area contributed by atoms with Gasteiger partial charge in [-0.05, 0) is 87.5 Å². The molecular formula is C20H30N2O. The van der Waals surface area contributed by atoms with Crippen LogP contribution in [0.2, 0.25) is 0 Å². The maximum Gasteiger partial charge on any atom is 0.246 e. The van der Waals surface area contributed by atoms with E-state index in [0.29, 0.717) is 0 Å². The molecule has 126 valence electrons. The zero-order valence-corrected chi connectivity index (χ0v) is 14.8. The SMILES string of the molecule is CC1=C/C(=N\NC(=O)C23CC4CC(CC(C4)C2)C3)CC(C)(C)C1. The fraction of sp³-hybridized carbons (Fsp3) is 0.800. The predicted octanol–water partition coefficient (Wildman–Crippen LogP) is 4.44. The fourth-order valence-corrected chi connectivity index (χ4v) is 6.40. The van der Waals surface area contributed by atoms with E-state index in [1.165, 1.54) is 24.8 Å². The van der Waals surface area contributed by atoms with Gasteiger partial charge in [0.15, 0.2) is 0 Å². The van der Waals surface area contributed by atoms with Gasteiger partial charge in [-0.1, -0.05) is 19.4 Å². The number of rotatable bonds is 2. The second-order valence-corrected chi connectivity index (χ2v) is 9.75. The van der Waals surface area contributed by atoms with Crippen molar-refractivity contribution in [2.75, 3.05) is 0 Å². The number of carbonyl (C=O) groups excluding carboxylic acids is 1. The lowest BCUT2D eigenvalue weighted by molar-refractivity contribution is -0.146. The zero-order valence-electron chi connectivity index (χ0n) is 14.8. The topological polar surface area (TPSA) is 41.5 Å². The third-order valence-electron chi connectivity index (χ3n) is 6.65. The van der Waals surface area contributed by atoms with Crippen LogP contribution >= 0.6 is 0 Å². The molecule has 5 rings (SSSR count). The molecule has 0 aromatic heterocycles. The Balaban J connectivity index is 1.48. The van der Waals surface area contributed by atoms with Crippen molar-refractivity contribution in [3.63, 3.8) is 0 Å². The van der Waals surface area contributed by atoms with Crippen molar-refractivity contribution in [3.8, 4) is 0 Å². The molecule has 0 aromatic rings. The standard InChI is InChI=1S/C20H30N2O/c1-13-4-17(12-19(2,3)8-13)21-22-18(23)20-9-14-5-15(10-20)7-16(6-14)11-20/h4,14-16H,5-12H2,1-3H3,(H,22,23)/b21-17+. The van der Waals surface area contributed by atoms with Gasteiger partial charge >= 0.3 is 0 Å². The van der Waals surface area contributed by atoms with Gasteiger partial charge in [0, 0.05) is 0 Å². The van der Waals surface area contributed by atoms with Crippen LogP contribution in [0.1, 0.15) is 72.1 Å².